The van der Waals surface area contributed by atoms with E-state index in [1.807, 2.05) is 18.2 Å². The molecular formula is C16H9FN4O. The summed E-state index contributed by atoms with van der Waals surface area (Å²) in [7, 11) is 0. The smallest absolute Gasteiger partial charge is 0.267 e. The van der Waals surface area contributed by atoms with Gasteiger partial charge in [0.05, 0.1) is 28.8 Å². The zero-order chi connectivity index (χ0) is 15.1. The zero-order valence-electron chi connectivity index (χ0n) is 11.3. The first-order chi connectivity index (χ1) is 10.7. The van der Waals surface area contributed by atoms with Gasteiger partial charge < -0.3 is 0 Å². The van der Waals surface area contributed by atoms with E-state index in [1.165, 1.54) is 18.5 Å². The Kier molecular flexibility index (Phi) is 2.69. The highest BCUT2D eigenvalue weighted by molar-refractivity contribution is 5.81. The molecule has 0 saturated heterocycles. The van der Waals surface area contributed by atoms with Crippen LogP contribution in [-0.2, 0) is 0 Å². The number of aromatic nitrogens is 4. The summed E-state index contributed by atoms with van der Waals surface area (Å²) in [5.41, 5.74) is 0.800. The molecule has 0 fully saturated rings. The third-order valence-electron chi connectivity index (χ3n) is 3.42. The molecule has 0 atom stereocenters. The largest absolute Gasteiger partial charge is 0.283 e. The first-order valence-electron chi connectivity index (χ1n) is 6.63. The molecule has 0 bridgehead atoms. The molecule has 106 valence electrons. The summed E-state index contributed by atoms with van der Waals surface area (Å²) in [6, 6.07) is 11.7. The predicted octanol–water partition coefficient (Wildman–Crippen LogP) is 2.47. The van der Waals surface area contributed by atoms with E-state index >= 15 is 0 Å². The molecule has 5 nitrogen and oxygen atoms in total. The molecule has 0 amide bonds. The number of fused-ring (bicyclic) bond motifs is 2. The predicted molar refractivity (Wildman–Crippen MR) is 80.4 cm³/mol. The molecule has 0 unspecified atom stereocenters. The highest BCUT2D eigenvalue weighted by Crippen LogP contribution is 2.14. The van der Waals surface area contributed by atoms with Crippen molar-refractivity contribution in [3.63, 3.8) is 0 Å². The van der Waals surface area contributed by atoms with E-state index in [-0.39, 0.29) is 11.2 Å². The van der Waals surface area contributed by atoms with Crippen molar-refractivity contribution in [1.29, 1.82) is 0 Å². The minimum Gasteiger partial charge on any atom is -0.267 e. The van der Waals surface area contributed by atoms with Gasteiger partial charge in [0.25, 0.3) is 5.56 Å². The van der Waals surface area contributed by atoms with Crippen molar-refractivity contribution in [2.45, 2.75) is 0 Å². The van der Waals surface area contributed by atoms with Crippen molar-refractivity contribution < 1.29 is 4.39 Å². The molecule has 6 heteroatoms. The summed E-state index contributed by atoms with van der Waals surface area (Å²) >= 11 is 0. The van der Waals surface area contributed by atoms with Gasteiger partial charge in [-0.05, 0) is 18.2 Å². The molecule has 22 heavy (non-hydrogen) atoms. The highest BCUT2D eigenvalue weighted by Gasteiger charge is 2.11. The molecule has 2 aromatic carbocycles. The molecular weight excluding hydrogens is 283 g/mol. The van der Waals surface area contributed by atoms with Gasteiger partial charge in [0.1, 0.15) is 5.82 Å². The molecule has 0 aliphatic heterocycles. The lowest BCUT2D eigenvalue weighted by molar-refractivity contribution is 0.636. The number of benzene rings is 2. The molecule has 0 aliphatic rings. The molecule has 0 aliphatic carbocycles. The number of hydrogen-bond acceptors (Lipinski definition) is 4. The number of halogens is 1. The number of hydrogen-bond donors (Lipinski definition) is 0. The van der Waals surface area contributed by atoms with Crippen molar-refractivity contribution in [2.24, 2.45) is 0 Å². The highest BCUT2D eigenvalue weighted by atomic mass is 19.1. The average Bonchev–Trinajstić information content (AvgIpc) is 2.55. The Morgan fingerprint density at radius 1 is 0.955 bits per heavy atom. The van der Waals surface area contributed by atoms with Gasteiger partial charge in [-0.1, -0.05) is 24.3 Å². The summed E-state index contributed by atoms with van der Waals surface area (Å²) in [6.45, 7) is 0. The fourth-order valence-corrected chi connectivity index (χ4v) is 2.36. The number of rotatable bonds is 1. The molecule has 4 rings (SSSR count). The number of para-hydroxylation sites is 2. The Hall–Kier alpha value is -3.15. The van der Waals surface area contributed by atoms with E-state index in [0.29, 0.717) is 16.4 Å². The molecule has 4 aromatic rings. The second-order valence-electron chi connectivity index (χ2n) is 4.78. The lowest BCUT2D eigenvalue weighted by Gasteiger charge is -2.06. The van der Waals surface area contributed by atoms with Crippen LogP contribution in [0.15, 0.2) is 59.7 Å². The molecule has 0 radical (unpaired) electrons. The van der Waals surface area contributed by atoms with Gasteiger partial charge in [0.15, 0.2) is 5.82 Å². The first kappa shape index (κ1) is 12.6. The molecule has 2 heterocycles. The Labute approximate surface area is 123 Å². The lowest BCUT2D eigenvalue weighted by atomic mass is 10.2. The quantitative estimate of drug-likeness (QED) is 0.540. The SMILES string of the molecule is O=c1c2c(F)cccc2cnn1-c1cnc2ccccc2n1. The van der Waals surface area contributed by atoms with Gasteiger partial charge >= 0.3 is 0 Å². The maximum Gasteiger partial charge on any atom is 0.283 e. The Morgan fingerprint density at radius 3 is 2.64 bits per heavy atom. The van der Waals surface area contributed by atoms with Crippen LogP contribution in [0.4, 0.5) is 4.39 Å². The monoisotopic (exact) mass is 292 g/mol. The first-order valence-corrected chi connectivity index (χ1v) is 6.63. The summed E-state index contributed by atoms with van der Waals surface area (Å²) in [6.07, 6.45) is 2.89. The van der Waals surface area contributed by atoms with Crippen LogP contribution in [0.1, 0.15) is 0 Å². The Morgan fingerprint density at radius 2 is 1.77 bits per heavy atom. The minimum absolute atomic E-state index is 0.00698. The Balaban J connectivity index is 2.02. The van der Waals surface area contributed by atoms with Gasteiger partial charge in [-0.25, -0.2) is 9.37 Å². The second-order valence-corrected chi connectivity index (χ2v) is 4.78. The minimum atomic E-state index is -0.576. The van der Waals surface area contributed by atoms with Gasteiger partial charge in [0.2, 0.25) is 0 Å². The summed E-state index contributed by atoms with van der Waals surface area (Å²) in [5, 5.41) is 4.51. The number of nitrogens with zero attached hydrogens (tertiary/aromatic N) is 4. The normalized spacial score (nSPS) is 11.1. The van der Waals surface area contributed by atoms with Crippen molar-refractivity contribution >= 4 is 21.8 Å². The van der Waals surface area contributed by atoms with E-state index in [9.17, 15) is 9.18 Å². The fraction of sp³-hybridized carbons (Fsp3) is 0. The van der Waals surface area contributed by atoms with Crippen molar-refractivity contribution in [3.05, 3.63) is 71.0 Å². The van der Waals surface area contributed by atoms with Gasteiger partial charge in [0, 0.05) is 5.39 Å². The summed E-state index contributed by atoms with van der Waals surface area (Å²) < 4.78 is 15.0. The van der Waals surface area contributed by atoms with Crippen molar-refractivity contribution in [1.82, 2.24) is 19.7 Å². The van der Waals surface area contributed by atoms with Crippen LogP contribution in [0.25, 0.3) is 27.6 Å². The fourth-order valence-electron chi connectivity index (χ4n) is 2.36. The van der Waals surface area contributed by atoms with Crippen LogP contribution in [0.3, 0.4) is 0 Å². The van der Waals surface area contributed by atoms with E-state index in [0.717, 1.165) is 4.68 Å². The molecule has 0 N–H and O–H groups in total. The Bertz CT molecular complexity index is 1070. The van der Waals surface area contributed by atoms with Crippen LogP contribution in [0, 0.1) is 5.82 Å². The third-order valence-corrected chi connectivity index (χ3v) is 3.42. The van der Waals surface area contributed by atoms with E-state index in [4.69, 9.17) is 0 Å². The van der Waals surface area contributed by atoms with Crippen LogP contribution in [0.5, 0.6) is 0 Å². The van der Waals surface area contributed by atoms with E-state index in [1.54, 1.807) is 18.2 Å². The molecule has 0 saturated carbocycles. The van der Waals surface area contributed by atoms with E-state index in [2.05, 4.69) is 15.1 Å². The van der Waals surface area contributed by atoms with Crippen LogP contribution < -0.4 is 5.56 Å². The third kappa shape index (κ3) is 1.85. The topological polar surface area (TPSA) is 60.7 Å². The average molecular weight is 292 g/mol. The van der Waals surface area contributed by atoms with Crippen LogP contribution in [-0.4, -0.2) is 19.7 Å². The standard InChI is InChI=1S/C16H9FN4O/c17-11-5-3-4-10-8-19-21(16(22)15(10)11)14-9-18-12-6-1-2-7-13(12)20-14/h1-9H. The van der Waals surface area contributed by atoms with Gasteiger partial charge in [-0.15, -0.1) is 0 Å². The van der Waals surface area contributed by atoms with Crippen molar-refractivity contribution in [3.8, 4) is 5.82 Å². The maximum absolute atomic E-state index is 13.9. The van der Waals surface area contributed by atoms with Gasteiger partial charge in [-0.3, -0.25) is 9.78 Å². The molecule has 2 aromatic heterocycles. The molecule has 0 spiro atoms. The zero-order valence-corrected chi connectivity index (χ0v) is 11.3. The lowest BCUT2D eigenvalue weighted by Crippen LogP contribution is -2.22. The maximum atomic E-state index is 13.9. The van der Waals surface area contributed by atoms with Crippen molar-refractivity contribution in [2.75, 3.05) is 0 Å². The van der Waals surface area contributed by atoms with Crippen LogP contribution >= 0.6 is 0 Å². The summed E-state index contributed by atoms with van der Waals surface area (Å²) in [4.78, 5) is 21.1. The second kappa shape index (κ2) is 4.70. The summed E-state index contributed by atoms with van der Waals surface area (Å²) in [5.74, 6) is -0.318. The van der Waals surface area contributed by atoms with E-state index < -0.39 is 11.4 Å². The van der Waals surface area contributed by atoms with Gasteiger partial charge in [-0.2, -0.15) is 9.78 Å². The van der Waals surface area contributed by atoms with Crippen LogP contribution in [0.2, 0.25) is 0 Å².